The molecule has 0 aromatic heterocycles. The first-order valence-electron chi connectivity index (χ1n) is 8.83. The molecular weight excluding hydrogens is 427 g/mol. The Labute approximate surface area is 183 Å². The van der Waals surface area contributed by atoms with E-state index in [0.717, 1.165) is 11.1 Å². The van der Waals surface area contributed by atoms with Crippen LogP contribution < -0.4 is 14.9 Å². The van der Waals surface area contributed by atoms with E-state index in [4.69, 9.17) is 37.8 Å². The Bertz CT molecular complexity index is 1070. The van der Waals surface area contributed by atoms with Gasteiger partial charge in [-0.2, -0.15) is 5.10 Å². The van der Waals surface area contributed by atoms with Crippen molar-refractivity contribution in [2.75, 3.05) is 12.5 Å². The number of nitrogens with zero attached hydrogens (tertiary/aromatic N) is 1. The van der Waals surface area contributed by atoms with Gasteiger partial charge in [0.2, 0.25) is 0 Å². The minimum absolute atomic E-state index is 0.000671. The number of ether oxygens (including phenoxy) is 2. The quantitative estimate of drug-likeness (QED) is 0.342. The second-order valence-electron chi connectivity index (χ2n) is 6.20. The Morgan fingerprint density at radius 1 is 1.07 bits per heavy atom. The first-order chi connectivity index (χ1) is 14.5. The molecule has 0 fully saturated rings. The van der Waals surface area contributed by atoms with Crippen molar-refractivity contribution in [3.63, 3.8) is 0 Å². The molecule has 0 saturated carbocycles. The lowest BCUT2D eigenvalue weighted by molar-refractivity contribution is 0.0697. The Hall–Kier alpha value is -3.22. The van der Waals surface area contributed by atoms with Crippen LogP contribution in [0.3, 0.4) is 0 Å². The Balaban J connectivity index is 1.66. The standard InChI is InChI=1S/C22H18Cl2N2O4/c1-29-21-10-15(4-9-20(21)30-13-14-2-5-16(23)6-3-14)12-25-26-17-7-8-19(24)18(11-17)22(27)28/h2-12,26H,13H2,1H3,(H,27,28)/b25-12-. The zero-order chi connectivity index (χ0) is 21.5. The molecule has 6 nitrogen and oxygen atoms in total. The van der Waals surface area contributed by atoms with Crippen molar-refractivity contribution in [2.24, 2.45) is 5.10 Å². The van der Waals surface area contributed by atoms with Crippen LogP contribution in [0, 0.1) is 0 Å². The van der Waals surface area contributed by atoms with Crippen molar-refractivity contribution in [1.82, 2.24) is 0 Å². The number of carboxylic acids is 1. The summed E-state index contributed by atoms with van der Waals surface area (Å²) >= 11 is 11.8. The van der Waals surface area contributed by atoms with Crippen LogP contribution in [-0.4, -0.2) is 24.4 Å². The number of anilines is 1. The molecule has 0 saturated heterocycles. The van der Waals surface area contributed by atoms with Crippen LogP contribution in [0.15, 0.2) is 65.8 Å². The summed E-state index contributed by atoms with van der Waals surface area (Å²) in [6.07, 6.45) is 1.58. The fraction of sp³-hybridized carbons (Fsp3) is 0.0909. The van der Waals surface area contributed by atoms with Gasteiger partial charge < -0.3 is 14.6 Å². The highest BCUT2D eigenvalue weighted by Gasteiger charge is 2.09. The molecule has 0 aliphatic carbocycles. The normalized spacial score (nSPS) is 10.8. The number of carbonyl (C=O) groups is 1. The topological polar surface area (TPSA) is 80.2 Å². The van der Waals surface area contributed by atoms with Crippen LogP contribution in [0.25, 0.3) is 0 Å². The number of halogens is 2. The molecule has 0 amide bonds. The number of benzene rings is 3. The third-order valence-electron chi connectivity index (χ3n) is 4.10. The molecule has 2 N–H and O–H groups in total. The molecule has 3 aromatic rings. The van der Waals surface area contributed by atoms with Crippen LogP contribution in [0.4, 0.5) is 5.69 Å². The molecule has 0 aliphatic rings. The van der Waals surface area contributed by atoms with Gasteiger partial charge in [0.05, 0.1) is 29.6 Å². The Kier molecular flexibility index (Phi) is 7.17. The van der Waals surface area contributed by atoms with Crippen molar-refractivity contribution < 1.29 is 19.4 Å². The molecule has 3 aromatic carbocycles. The second kappa shape index (κ2) is 10.0. The van der Waals surface area contributed by atoms with Gasteiger partial charge in [0.15, 0.2) is 11.5 Å². The Morgan fingerprint density at radius 2 is 1.83 bits per heavy atom. The summed E-state index contributed by atoms with van der Waals surface area (Å²) in [5, 5.41) is 14.1. The first kappa shape index (κ1) is 21.5. The molecule has 0 spiro atoms. The van der Waals surface area contributed by atoms with Gasteiger partial charge in [0, 0.05) is 5.02 Å². The number of carboxylic acid groups (broad SMARTS) is 1. The van der Waals surface area contributed by atoms with Gasteiger partial charge in [-0.05, 0) is 59.7 Å². The van der Waals surface area contributed by atoms with Gasteiger partial charge in [0.1, 0.15) is 6.61 Å². The molecule has 0 heterocycles. The zero-order valence-electron chi connectivity index (χ0n) is 15.9. The minimum Gasteiger partial charge on any atom is -0.493 e. The van der Waals surface area contributed by atoms with E-state index in [1.54, 1.807) is 31.5 Å². The van der Waals surface area contributed by atoms with E-state index in [1.165, 1.54) is 12.1 Å². The number of aromatic carboxylic acids is 1. The lowest BCUT2D eigenvalue weighted by atomic mass is 10.2. The van der Waals surface area contributed by atoms with E-state index in [0.29, 0.717) is 28.8 Å². The van der Waals surface area contributed by atoms with Gasteiger partial charge in [-0.1, -0.05) is 35.3 Å². The van der Waals surface area contributed by atoms with E-state index in [9.17, 15) is 4.79 Å². The summed E-state index contributed by atoms with van der Waals surface area (Å²) in [5.74, 6) is 0.0560. The lowest BCUT2D eigenvalue weighted by Gasteiger charge is -2.11. The van der Waals surface area contributed by atoms with Gasteiger partial charge in [-0.25, -0.2) is 4.79 Å². The molecule has 0 bridgehead atoms. The van der Waals surface area contributed by atoms with Crippen LogP contribution in [0.2, 0.25) is 10.0 Å². The molecule has 0 atom stereocenters. The van der Waals surface area contributed by atoms with Gasteiger partial charge in [-0.15, -0.1) is 0 Å². The van der Waals surface area contributed by atoms with Gasteiger partial charge in [0.25, 0.3) is 0 Å². The number of methoxy groups -OCH3 is 1. The molecule has 0 unspecified atom stereocenters. The van der Waals surface area contributed by atoms with E-state index in [-0.39, 0.29) is 10.6 Å². The Morgan fingerprint density at radius 3 is 2.53 bits per heavy atom. The lowest BCUT2D eigenvalue weighted by Crippen LogP contribution is -2.00. The summed E-state index contributed by atoms with van der Waals surface area (Å²) in [4.78, 5) is 11.1. The van der Waals surface area contributed by atoms with E-state index in [2.05, 4.69) is 10.5 Å². The largest absolute Gasteiger partial charge is 0.493 e. The molecule has 0 aliphatic heterocycles. The maximum atomic E-state index is 11.1. The summed E-state index contributed by atoms with van der Waals surface area (Å²) < 4.78 is 11.2. The average Bonchev–Trinajstić information content (AvgIpc) is 2.74. The minimum atomic E-state index is -1.11. The van der Waals surface area contributed by atoms with Crippen LogP contribution in [-0.2, 0) is 6.61 Å². The predicted octanol–water partition coefficient (Wildman–Crippen LogP) is 5.73. The number of rotatable bonds is 8. The third-order valence-corrected chi connectivity index (χ3v) is 4.68. The predicted molar refractivity (Wildman–Crippen MR) is 118 cm³/mol. The molecular formula is C22H18Cl2N2O4. The smallest absolute Gasteiger partial charge is 0.337 e. The third kappa shape index (κ3) is 5.65. The highest BCUT2D eigenvalue weighted by Crippen LogP contribution is 2.28. The van der Waals surface area contributed by atoms with E-state index >= 15 is 0 Å². The highest BCUT2D eigenvalue weighted by atomic mass is 35.5. The van der Waals surface area contributed by atoms with Crippen molar-refractivity contribution in [1.29, 1.82) is 0 Å². The summed E-state index contributed by atoms with van der Waals surface area (Å²) in [5.41, 5.74) is 5.04. The maximum absolute atomic E-state index is 11.1. The fourth-order valence-corrected chi connectivity index (χ4v) is 2.89. The van der Waals surface area contributed by atoms with Gasteiger partial charge >= 0.3 is 5.97 Å². The molecule has 3 rings (SSSR count). The SMILES string of the molecule is COc1cc(/C=N\Nc2ccc(Cl)c(C(=O)O)c2)ccc1OCc1ccc(Cl)cc1. The van der Waals surface area contributed by atoms with Crippen molar-refractivity contribution in [2.45, 2.75) is 6.61 Å². The van der Waals surface area contributed by atoms with Crippen molar-refractivity contribution in [3.05, 3.63) is 87.4 Å². The van der Waals surface area contributed by atoms with Gasteiger partial charge in [-0.3, -0.25) is 5.43 Å². The number of nitrogens with one attached hydrogen (secondary N) is 1. The molecule has 30 heavy (non-hydrogen) atoms. The first-order valence-corrected chi connectivity index (χ1v) is 9.59. The number of hydrogen-bond acceptors (Lipinski definition) is 5. The summed E-state index contributed by atoms with van der Waals surface area (Å²) in [6.45, 7) is 0.380. The summed E-state index contributed by atoms with van der Waals surface area (Å²) in [7, 11) is 1.56. The highest BCUT2D eigenvalue weighted by molar-refractivity contribution is 6.33. The van der Waals surface area contributed by atoms with E-state index < -0.39 is 5.97 Å². The molecule has 8 heteroatoms. The van der Waals surface area contributed by atoms with Crippen LogP contribution in [0.5, 0.6) is 11.5 Å². The maximum Gasteiger partial charge on any atom is 0.337 e. The summed E-state index contributed by atoms with van der Waals surface area (Å²) in [6, 6.07) is 17.4. The fourth-order valence-electron chi connectivity index (χ4n) is 2.57. The average molecular weight is 445 g/mol. The number of hydrogen-bond donors (Lipinski definition) is 2. The molecule has 154 valence electrons. The van der Waals surface area contributed by atoms with Crippen molar-refractivity contribution >= 4 is 41.1 Å². The zero-order valence-corrected chi connectivity index (χ0v) is 17.4. The van der Waals surface area contributed by atoms with Crippen LogP contribution in [0.1, 0.15) is 21.5 Å². The monoisotopic (exact) mass is 444 g/mol. The second-order valence-corrected chi connectivity index (χ2v) is 7.04. The van der Waals surface area contributed by atoms with Crippen molar-refractivity contribution in [3.8, 4) is 11.5 Å². The molecule has 0 radical (unpaired) electrons. The van der Waals surface area contributed by atoms with E-state index in [1.807, 2.05) is 30.3 Å². The van der Waals surface area contributed by atoms with Crippen LogP contribution >= 0.6 is 23.2 Å². The number of hydrazone groups is 1.